The molecular formula is C15H23NO4. The van der Waals surface area contributed by atoms with Gasteiger partial charge in [0.2, 0.25) is 0 Å². The van der Waals surface area contributed by atoms with E-state index in [0.717, 1.165) is 11.1 Å². The summed E-state index contributed by atoms with van der Waals surface area (Å²) in [7, 11) is 0. The average Bonchev–Trinajstić information content (AvgIpc) is 2.49. The number of aliphatic hydroxyl groups is 2. The van der Waals surface area contributed by atoms with Crippen LogP contribution in [0.5, 0.6) is 0 Å². The highest BCUT2D eigenvalue weighted by Gasteiger charge is 2.25. The van der Waals surface area contributed by atoms with Crippen LogP contribution in [0.4, 0.5) is 0 Å². The number of benzene rings is 1. The number of hydrogen-bond donors (Lipinski definition) is 4. The van der Waals surface area contributed by atoms with Gasteiger partial charge >= 0.3 is 5.97 Å². The molecule has 0 aliphatic heterocycles. The molecular weight excluding hydrogens is 258 g/mol. The molecule has 0 aliphatic rings. The maximum atomic E-state index is 10.9. The topological polar surface area (TPSA) is 89.8 Å². The van der Waals surface area contributed by atoms with Crippen molar-refractivity contribution in [3.63, 3.8) is 0 Å². The quantitative estimate of drug-likeness (QED) is 0.573. The Labute approximate surface area is 119 Å². The van der Waals surface area contributed by atoms with E-state index in [9.17, 15) is 15.0 Å². The summed E-state index contributed by atoms with van der Waals surface area (Å²) in [6.45, 7) is 3.80. The fraction of sp³-hybridized carbons (Fsp3) is 0.533. The minimum Gasteiger partial charge on any atom is -0.481 e. The largest absolute Gasteiger partial charge is 0.481 e. The summed E-state index contributed by atoms with van der Waals surface area (Å²) in [5.41, 5.74) is 1.06. The summed E-state index contributed by atoms with van der Waals surface area (Å²) >= 11 is 0. The van der Waals surface area contributed by atoms with Gasteiger partial charge < -0.3 is 20.6 Å². The van der Waals surface area contributed by atoms with Gasteiger partial charge in [-0.25, -0.2) is 0 Å². The fourth-order valence-corrected chi connectivity index (χ4v) is 1.87. The normalized spacial score (nSPS) is 13.2. The summed E-state index contributed by atoms with van der Waals surface area (Å²) in [5.74, 6) is -1.37. The molecule has 0 bridgehead atoms. The zero-order valence-electron chi connectivity index (χ0n) is 12.0. The molecule has 0 aliphatic carbocycles. The number of aliphatic carboxylic acids is 1. The van der Waals surface area contributed by atoms with Gasteiger partial charge in [0, 0.05) is 6.54 Å². The number of carboxylic acids is 1. The molecule has 0 saturated heterocycles. The molecule has 0 saturated carbocycles. The first-order valence-corrected chi connectivity index (χ1v) is 6.76. The zero-order valence-corrected chi connectivity index (χ0v) is 12.0. The maximum absolute atomic E-state index is 10.9. The van der Waals surface area contributed by atoms with Crippen molar-refractivity contribution in [2.24, 2.45) is 0 Å². The molecule has 1 aromatic rings. The van der Waals surface area contributed by atoms with Gasteiger partial charge in [0.25, 0.3) is 0 Å². The molecule has 0 spiro atoms. The summed E-state index contributed by atoms with van der Waals surface area (Å²) < 4.78 is 0. The highest BCUT2D eigenvalue weighted by Crippen LogP contribution is 2.17. The lowest BCUT2D eigenvalue weighted by molar-refractivity contribution is -0.138. The van der Waals surface area contributed by atoms with Crippen molar-refractivity contribution >= 4 is 5.97 Å². The number of nitrogens with one attached hydrogen (secondary N) is 1. The Morgan fingerprint density at radius 3 is 2.20 bits per heavy atom. The third-order valence-electron chi connectivity index (χ3n) is 3.80. The summed E-state index contributed by atoms with van der Waals surface area (Å²) in [5, 5.41) is 30.8. The van der Waals surface area contributed by atoms with E-state index in [0.29, 0.717) is 13.0 Å². The van der Waals surface area contributed by atoms with Crippen molar-refractivity contribution in [2.75, 3.05) is 13.2 Å². The number of carbonyl (C=O) groups is 1. The Balaban J connectivity index is 2.68. The second-order valence-corrected chi connectivity index (χ2v) is 5.11. The first-order valence-electron chi connectivity index (χ1n) is 6.76. The predicted molar refractivity (Wildman–Crippen MR) is 76.5 cm³/mol. The van der Waals surface area contributed by atoms with Crippen molar-refractivity contribution in [3.8, 4) is 0 Å². The van der Waals surface area contributed by atoms with E-state index in [2.05, 4.69) is 5.32 Å². The van der Waals surface area contributed by atoms with E-state index in [-0.39, 0.29) is 13.2 Å². The first-order chi connectivity index (χ1) is 9.48. The smallest absolute Gasteiger partial charge is 0.310 e. The molecule has 0 heterocycles. The molecule has 20 heavy (non-hydrogen) atoms. The summed E-state index contributed by atoms with van der Waals surface area (Å²) in [6, 6.07) is 7.30. The molecule has 112 valence electrons. The molecule has 4 N–H and O–H groups in total. The highest BCUT2D eigenvalue weighted by molar-refractivity contribution is 5.75. The Bertz CT molecular complexity index is 418. The molecule has 0 aromatic heterocycles. The SMILES string of the molecule is CCC(CO)(CO)NCc1ccc(C(C)C(=O)O)cc1. The first kappa shape index (κ1) is 16.6. The van der Waals surface area contributed by atoms with Gasteiger partial charge in [-0.15, -0.1) is 0 Å². The van der Waals surface area contributed by atoms with Gasteiger partial charge in [0.05, 0.1) is 24.7 Å². The van der Waals surface area contributed by atoms with Crippen LogP contribution < -0.4 is 5.32 Å². The van der Waals surface area contributed by atoms with Crippen LogP contribution in [-0.2, 0) is 11.3 Å². The number of hydrogen-bond acceptors (Lipinski definition) is 4. The average molecular weight is 281 g/mol. The maximum Gasteiger partial charge on any atom is 0.310 e. The van der Waals surface area contributed by atoms with Gasteiger partial charge in [-0.2, -0.15) is 0 Å². The standard InChI is InChI=1S/C15H23NO4/c1-3-15(9-17,10-18)16-8-12-4-6-13(7-5-12)11(2)14(19)20/h4-7,11,16-18H,3,8-10H2,1-2H3,(H,19,20). The van der Waals surface area contributed by atoms with E-state index in [1.807, 2.05) is 19.1 Å². The number of carboxylic acid groups (broad SMARTS) is 1. The van der Waals surface area contributed by atoms with Crippen LogP contribution in [0.15, 0.2) is 24.3 Å². The van der Waals surface area contributed by atoms with Gasteiger partial charge in [-0.3, -0.25) is 4.79 Å². The molecule has 0 radical (unpaired) electrons. The third-order valence-corrected chi connectivity index (χ3v) is 3.80. The molecule has 1 rings (SSSR count). The van der Waals surface area contributed by atoms with Crippen LogP contribution in [0.25, 0.3) is 0 Å². The fourth-order valence-electron chi connectivity index (χ4n) is 1.87. The monoisotopic (exact) mass is 281 g/mol. The van der Waals surface area contributed by atoms with Crippen LogP contribution >= 0.6 is 0 Å². The lowest BCUT2D eigenvalue weighted by atomic mass is 9.97. The van der Waals surface area contributed by atoms with Gasteiger partial charge in [0.1, 0.15) is 0 Å². The lowest BCUT2D eigenvalue weighted by Gasteiger charge is -2.30. The Morgan fingerprint density at radius 1 is 1.25 bits per heavy atom. The highest BCUT2D eigenvalue weighted by atomic mass is 16.4. The molecule has 1 aromatic carbocycles. The molecule has 0 amide bonds. The van der Waals surface area contributed by atoms with Crippen molar-refractivity contribution in [3.05, 3.63) is 35.4 Å². The molecule has 5 heteroatoms. The Morgan fingerprint density at radius 2 is 1.80 bits per heavy atom. The van der Waals surface area contributed by atoms with E-state index in [1.165, 1.54) is 0 Å². The second-order valence-electron chi connectivity index (χ2n) is 5.11. The van der Waals surface area contributed by atoms with Crippen molar-refractivity contribution in [1.82, 2.24) is 5.32 Å². The predicted octanol–water partition coefficient (Wildman–Crippen LogP) is 1.10. The van der Waals surface area contributed by atoms with Crippen LogP contribution in [-0.4, -0.2) is 40.0 Å². The third kappa shape index (κ3) is 4.03. The van der Waals surface area contributed by atoms with E-state index >= 15 is 0 Å². The van der Waals surface area contributed by atoms with Crippen LogP contribution in [0.3, 0.4) is 0 Å². The van der Waals surface area contributed by atoms with Crippen molar-refractivity contribution in [1.29, 1.82) is 0 Å². The van der Waals surface area contributed by atoms with Crippen LogP contribution in [0, 0.1) is 0 Å². The van der Waals surface area contributed by atoms with Gasteiger partial charge in [-0.1, -0.05) is 31.2 Å². The Kier molecular flexibility index (Phi) is 6.13. The minimum atomic E-state index is -0.846. The van der Waals surface area contributed by atoms with E-state index in [1.54, 1.807) is 19.1 Å². The van der Waals surface area contributed by atoms with Gasteiger partial charge in [-0.05, 0) is 24.5 Å². The Hall–Kier alpha value is -1.43. The van der Waals surface area contributed by atoms with Crippen molar-refractivity contribution in [2.45, 2.75) is 38.3 Å². The summed E-state index contributed by atoms with van der Waals surface area (Å²) in [6.07, 6.45) is 0.619. The van der Waals surface area contributed by atoms with E-state index < -0.39 is 17.4 Å². The lowest BCUT2D eigenvalue weighted by Crippen LogP contribution is -2.50. The van der Waals surface area contributed by atoms with Crippen LogP contribution in [0.2, 0.25) is 0 Å². The molecule has 1 unspecified atom stereocenters. The number of aliphatic hydroxyl groups excluding tert-OH is 2. The molecule has 1 atom stereocenters. The van der Waals surface area contributed by atoms with Crippen LogP contribution in [0.1, 0.15) is 37.3 Å². The molecule has 5 nitrogen and oxygen atoms in total. The zero-order chi connectivity index (χ0) is 15.2. The van der Waals surface area contributed by atoms with E-state index in [4.69, 9.17) is 5.11 Å². The second kappa shape index (κ2) is 7.38. The number of rotatable bonds is 8. The molecule has 0 fully saturated rings. The van der Waals surface area contributed by atoms with Gasteiger partial charge in [0.15, 0.2) is 0 Å². The van der Waals surface area contributed by atoms with Crippen molar-refractivity contribution < 1.29 is 20.1 Å². The minimum absolute atomic E-state index is 0.131. The summed E-state index contributed by atoms with van der Waals surface area (Å²) in [4.78, 5) is 10.9.